The third kappa shape index (κ3) is 2.94. The van der Waals surface area contributed by atoms with Crippen molar-refractivity contribution in [2.45, 2.75) is 6.54 Å². The number of aromatic hydroxyl groups is 2. The number of carbonyl (C=O) groups is 1. The molecule has 0 spiro atoms. The van der Waals surface area contributed by atoms with E-state index in [-0.39, 0.29) is 36.2 Å². The number of phenolic OH excluding ortho intramolecular Hbond substituents is 2. The second kappa shape index (κ2) is 5.31. The van der Waals surface area contributed by atoms with Crippen LogP contribution in [0.1, 0.15) is 10.4 Å². The zero-order valence-electron chi connectivity index (χ0n) is 8.65. The standard InChI is InChI=1S/C10H9N3O3.ClH/c14-8-2-1-7(3-9(8)15)10(16)4-13-5-11-12-6-13;/h1-3,5-6,14-15H,4H2;1H. The molecule has 1 heterocycles. The van der Waals surface area contributed by atoms with Crippen LogP contribution in [0.15, 0.2) is 30.9 Å². The molecule has 0 saturated heterocycles. The molecule has 90 valence electrons. The number of ketones is 1. The van der Waals surface area contributed by atoms with Gasteiger partial charge in [0.05, 0.1) is 6.54 Å². The fourth-order valence-electron chi connectivity index (χ4n) is 1.26. The Bertz CT molecular complexity index is 514. The van der Waals surface area contributed by atoms with Crippen LogP contribution in [0.3, 0.4) is 0 Å². The van der Waals surface area contributed by atoms with Gasteiger partial charge in [-0.2, -0.15) is 0 Å². The molecule has 0 amide bonds. The highest BCUT2D eigenvalue weighted by atomic mass is 35.5. The van der Waals surface area contributed by atoms with E-state index in [2.05, 4.69) is 10.2 Å². The summed E-state index contributed by atoms with van der Waals surface area (Å²) in [6.45, 7) is 0.0945. The summed E-state index contributed by atoms with van der Waals surface area (Å²) in [5.74, 6) is -0.759. The molecule has 0 radical (unpaired) electrons. The first-order chi connectivity index (χ1) is 7.66. The lowest BCUT2D eigenvalue weighted by Gasteiger charge is -2.03. The Morgan fingerprint density at radius 1 is 1.18 bits per heavy atom. The number of carbonyl (C=O) groups excluding carboxylic acids is 1. The van der Waals surface area contributed by atoms with Gasteiger partial charge in [-0.05, 0) is 18.2 Å². The Morgan fingerprint density at radius 3 is 2.41 bits per heavy atom. The number of rotatable bonds is 3. The number of halogens is 1. The van der Waals surface area contributed by atoms with Crippen molar-refractivity contribution >= 4 is 18.2 Å². The van der Waals surface area contributed by atoms with Crippen LogP contribution in [0.5, 0.6) is 11.5 Å². The highest BCUT2D eigenvalue weighted by Crippen LogP contribution is 2.25. The molecule has 7 heteroatoms. The van der Waals surface area contributed by atoms with Gasteiger partial charge in [0, 0.05) is 5.56 Å². The molecule has 1 aromatic carbocycles. The quantitative estimate of drug-likeness (QED) is 0.631. The summed E-state index contributed by atoms with van der Waals surface area (Å²) in [6, 6.07) is 3.94. The first kappa shape index (κ1) is 13.0. The average Bonchev–Trinajstić information content (AvgIpc) is 2.74. The topological polar surface area (TPSA) is 88.2 Å². The van der Waals surface area contributed by atoms with Gasteiger partial charge < -0.3 is 14.8 Å². The molecule has 17 heavy (non-hydrogen) atoms. The second-order valence-electron chi connectivity index (χ2n) is 3.26. The van der Waals surface area contributed by atoms with Gasteiger partial charge in [0.25, 0.3) is 0 Å². The maximum atomic E-state index is 11.7. The molecule has 0 bridgehead atoms. The summed E-state index contributed by atoms with van der Waals surface area (Å²) in [5, 5.41) is 25.5. The Kier molecular flexibility index (Phi) is 4.06. The van der Waals surface area contributed by atoms with Crippen molar-refractivity contribution in [2.75, 3.05) is 0 Å². The molecule has 0 aliphatic rings. The number of Topliss-reactive ketones (excluding diaryl/α,β-unsaturated/α-hetero) is 1. The molecule has 0 unspecified atom stereocenters. The van der Waals surface area contributed by atoms with E-state index in [4.69, 9.17) is 5.11 Å². The van der Waals surface area contributed by atoms with E-state index in [1.54, 1.807) is 0 Å². The highest BCUT2D eigenvalue weighted by Gasteiger charge is 2.09. The third-order valence-electron chi connectivity index (χ3n) is 2.09. The Hall–Kier alpha value is -2.08. The van der Waals surface area contributed by atoms with Crippen LogP contribution in [0.2, 0.25) is 0 Å². The minimum Gasteiger partial charge on any atom is -0.504 e. The van der Waals surface area contributed by atoms with E-state index in [9.17, 15) is 9.90 Å². The minimum absolute atomic E-state index is 0. The van der Waals surface area contributed by atoms with Crippen LogP contribution in [-0.4, -0.2) is 30.8 Å². The molecule has 0 fully saturated rings. The summed E-state index contributed by atoms with van der Waals surface area (Å²) in [6.07, 6.45) is 2.86. The normalized spacial score (nSPS) is 9.65. The molecule has 0 atom stereocenters. The van der Waals surface area contributed by atoms with Crippen LogP contribution < -0.4 is 0 Å². The van der Waals surface area contributed by atoms with Crippen LogP contribution in [0.4, 0.5) is 0 Å². The molecule has 0 saturated carbocycles. The minimum atomic E-state index is -0.311. The van der Waals surface area contributed by atoms with E-state index in [0.717, 1.165) is 0 Å². The molecule has 2 aromatic rings. The van der Waals surface area contributed by atoms with Gasteiger partial charge in [0.1, 0.15) is 12.7 Å². The number of nitrogens with zero attached hydrogens (tertiary/aromatic N) is 3. The van der Waals surface area contributed by atoms with Gasteiger partial charge in [-0.15, -0.1) is 22.6 Å². The smallest absolute Gasteiger partial charge is 0.182 e. The van der Waals surface area contributed by atoms with Crippen molar-refractivity contribution < 1.29 is 15.0 Å². The van der Waals surface area contributed by atoms with Gasteiger partial charge in [-0.1, -0.05) is 0 Å². The van der Waals surface area contributed by atoms with E-state index in [1.807, 2.05) is 0 Å². The third-order valence-corrected chi connectivity index (χ3v) is 2.09. The van der Waals surface area contributed by atoms with E-state index in [1.165, 1.54) is 35.4 Å². The second-order valence-corrected chi connectivity index (χ2v) is 3.26. The van der Waals surface area contributed by atoms with Crippen molar-refractivity contribution in [1.29, 1.82) is 0 Å². The lowest BCUT2D eigenvalue weighted by atomic mass is 10.1. The average molecular weight is 256 g/mol. The zero-order chi connectivity index (χ0) is 11.5. The number of hydrogen-bond acceptors (Lipinski definition) is 5. The monoisotopic (exact) mass is 255 g/mol. The molecule has 6 nitrogen and oxygen atoms in total. The number of phenols is 2. The number of hydrogen-bond donors (Lipinski definition) is 2. The summed E-state index contributed by atoms with van der Waals surface area (Å²) >= 11 is 0. The fourth-order valence-corrected chi connectivity index (χ4v) is 1.26. The van der Waals surface area contributed by atoms with Crippen molar-refractivity contribution in [1.82, 2.24) is 14.8 Å². The summed E-state index contributed by atoms with van der Waals surface area (Å²) in [5.41, 5.74) is 0.323. The maximum absolute atomic E-state index is 11.7. The largest absolute Gasteiger partial charge is 0.504 e. The molecule has 0 aliphatic carbocycles. The SMILES string of the molecule is Cl.O=C(Cn1cnnc1)c1ccc(O)c(O)c1. The predicted octanol–water partition coefficient (Wildman–Crippen LogP) is 0.994. The molecular weight excluding hydrogens is 246 g/mol. The Balaban J connectivity index is 0.00000144. The molecular formula is C10H10ClN3O3. The lowest BCUT2D eigenvalue weighted by molar-refractivity contribution is 0.0971. The van der Waals surface area contributed by atoms with Gasteiger partial charge in [-0.3, -0.25) is 4.79 Å². The molecule has 0 aliphatic heterocycles. The molecule has 1 aromatic heterocycles. The Morgan fingerprint density at radius 2 is 1.82 bits per heavy atom. The van der Waals surface area contributed by atoms with Gasteiger partial charge in [0.2, 0.25) is 0 Å². The number of aromatic nitrogens is 3. The highest BCUT2D eigenvalue weighted by molar-refractivity contribution is 5.96. The van der Waals surface area contributed by atoms with Crippen LogP contribution >= 0.6 is 12.4 Å². The van der Waals surface area contributed by atoms with Crippen LogP contribution in [0.25, 0.3) is 0 Å². The van der Waals surface area contributed by atoms with E-state index >= 15 is 0 Å². The van der Waals surface area contributed by atoms with E-state index < -0.39 is 0 Å². The van der Waals surface area contributed by atoms with Crippen molar-refractivity contribution in [3.05, 3.63) is 36.4 Å². The lowest BCUT2D eigenvalue weighted by Crippen LogP contribution is -2.08. The summed E-state index contributed by atoms with van der Waals surface area (Å²) < 4.78 is 1.52. The van der Waals surface area contributed by atoms with Gasteiger partial charge in [-0.25, -0.2) is 0 Å². The van der Waals surface area contributed by atoms with Crippen molar-refractivity contribution in [3.8, 4) is 11.5 Å². The van der Waals surface area contributed by atoms with E-state index in [0.29, 0.717) is 5.56 Å². The fraction of sp³-hybridized carbons (Fsp3) is 0.100. The molecule has 2 N–H and O–H groups in total. The maximum Gasteiger partial charge on any atom is 0.182 e. The first-order valence-corrected chi connectivity index (χ1v) is 4.54. The molecule has 2 rings (SSSR count). The zero-order valence-corrected chi connectivity index (χ0v) is 9.46. The van der Waals surface area contributed by atoms with Crippen molar-refractivity contribution in [3.63, 3.8) is 0 Å². The van der Waals surface area contributed by atoms with Crippen LogP contribution in [-0.2, 0) is 6.54 Å². The number of benzene rings is 1. The summed E-state index contributed by atoms with van der Waals surface area (Å²) in [7, 11) is 0. The van der Waals surface area contributed by atoms with Gasteiger partial charge in [0.15, 0.2) is 17.3 Å². The van der Waals surface area contributed by atoms with Gasteiger partial charge >= 0.3 is 0 Å². The summed E-state index contributed by atoms with van der Waals surface area (Å²) in [4.78, 5) is 11.7. The first-order valence-electron chi connectivity index (χ1n) is 4.54. The Labute approximate surface area is 103 Å². The predicted molar refractivity (Wildman–Crippen MR) is 61.4 cm³/mol. The van der Waals surface area contributed by atoms with Crippen molar-refractivity contribution in [2.24, 2.45) is 0 Å². The van der Waals surface area contributed by atoms with Crippen LogP contribution in [0, 0.1) is 0 Å².